The minimum Gasteiger partial charge on any atom is -0.497 e. The number of ether oxygens (including phenoxy) is 1. The lowest BCUT2D eigenvalue weighted by Gasteiger charge is -2.36. The van der Waals surface area contributed by atoms with E-state index in [9.17, 15) is 9.18 Å². The van der Waals surface area contributed by atoms with Gasteiger partial charge in [0, 0.05) is 38.4 Å². The molecule has 1 fully saturated rings. The van der Waals surface area contributed by atoms with Gasteiger partial charge in [0.2, 0.25) is 0 Å². The first kappa shape index (κ1) is 19.3. The molecule has 0 unspecified atom stereocenters. The van der Waals surface area contributed by atoms with Gasteiger partial charge in [-0.1, -0.05) is 23.7 Å². The lowest BCUT2D eigenvalue weighted by Crippen LogP contribution is -2.52. The molecule has 2 aromatic rings. The summed E-state index contributed by atoms with van der Waals surface area (Å²) in [5.41, 5.74) is 1.99. The number of hydrogen-bond acceptors (Lipinski definition) is 3. The van der Waals surface area contributed by atoms with Gasteiger partial charge in [0.25, 0.3) is 0 Å². The van der Waals surface area contributed by atoms with Gasteiger partial charge < -0.3 is 19.9 Å². The predicted octanol–water partition coefficient (Wildman–Crippen LogP) is 3.56. The van der Waals surface area contributed by atoms with E-state index in [1.165, 1.54) is 6.07 Å². The van der Waals surface area contributed by atoms with Crippen molar-refractivity contribution in [2.45, 2.75) is 6.42 Å². The molecular weight excluding hydrogens is 369 g/mol. The average Bonchev–Trinajstić information content (AvgIpc) is 2.70. The quantitative estimate of drug-likeness (QED) is 0.847. The van der Waals surface area contributed by atoms with Crippen LogP contribution in [0.25, 0.3) is 0 Å². The summed E-state index contributed by atoms with van der Waals surface area (Å²) in [4.78, 5) is 16.3. The first-order valence-electron chi connectivity index (χ1n) is 8.92. The number of carbonyl (C=O) groups excluding carboxylic acids is 1. The van der Waals surface area contributed by atoms with Crippen molar-refractivity contribution < 1.29 is 13.9 Å². The highest BCUT2D eigenvalue weighted by molar-refractivity contribution is 6.31. The van der Waals surface area contributed by atoms with E-state index >= 15 is 0 Å². The number of halogens is 2. The van der Waals surface area contributed by atoms with E-state index < -0.39 is 5.82 Å². The molecule has 1 heterocycles. The van der Waals surface area contributed by atoms with E-state index in [0.717, 1.165) is 23.4 Å². The van der Waals surface area contributed by atoms with E-state index in [0.29, 0.717) is 32.7 Å². The molecule has 0 saturated carbocycles. The summed E-state index contributed by atoms with van der Waals surface area (Å²) in [5, 5.41) is 3.08. The smallest absolute Gasteiger partial charge is 0.317 e. The lowest BCUT2D eigenvalue weighted by atomic mass is 10.1. The molecule has 0 aliphatic carbocycles. The third kappa shape index (κ3) is 5.04. The van der Waals surface area contributed by atoms with Crippen LogP contribution in [0.5, 0.6) is 5.75 Å². The molecule has 27 heavy (non-hydrogen) atoms. The zero-order valence-electron chi connectivity index (χ0n) is 15.3. The van der Waals surface area contributed by atoms with Gasteiger partial charge in [0.15, 0.2) is 0 Å². The summed E-state index contributed by atoms with van der Waals surface area (Å²) in [6.07, 6.45) is 0.747. The van der Waals surface area contributed by atoms with Crippen molar-refractivity contribution in [3.05, 3.63) is 58.9 Å². The van der Waals surface area contributed by atoms with Crippen molar-refractivity contribution in [1.82, 2.24) is 10.2 Å². The van der Waals surface area contributed by atoms with Gasteiger partial charge in [0.1, 0.15) is 11.6 Å². The number of nitrogens with zero attached hydrogens (tertiary/aromatic N) is 2. The van der Waals surface area contributed by atoms with Crippen LogP contribution in [-0.2, 0) is 6.42 Å². The number of anilines is 1. The van der Waals surface area contributed by atoms with Crippen molar-refractivity contribution in [1.29, 1.82) is 0 Å². The Hall–Kier alpha value is -2.47. The number of rotatable bonds is 5. The molecule has 0 radical (unpaired) electrons. The van der Waals surface area contributed by atoms with Crippen LogP contribution in [0.3, 0.4) is 0 Å². The molecule has 0 atom stereocenters. The molecule has 144 valence electrons. The molecule has 3 rings (SSSR count). The van der Waals surface area contributed by atoms with Gasteiger partial charge in [-0.15, -0.1) is 0 Å². The van der Waals surface area contributed by atoms with Crippen LogP contribution in [0.1, 0.15) is 5.56 Å². The normalized spacial score (nSPS) is 14.2. The maximum Gasteiger partial charge on any atom is 0.317 e. The van der Waals surface area contributed by atoms with Crippen molar-refractivity contribution in [3.63, 3.8) is 0 Å². The Kier molecular flexibility index (Phi) is 6.40. The van der Waals surface area contributed by atoms with Crippen molar-refractivity contribution in [2.75, 3.05) is 44.7 Å². The van der Waals surface area contributed by atoms with Gasteiger partial charge >= 0.3 is 6.03 Å². The molecule has 5 nitrogen and oxygen atoms in total. The fourth-order valence-electron chi connectivity index (χ4n) is 3.10. The highest BCUT2D eigenvalue weighted by atomic mass is 35.5. The number of amides is 2. The first-order chi connectivity index (χ1) is 13.1. The fourth-order valence-corrected chi connectivity index (χ4v) is 3.28. The average molecular weight is 392 g/mol. The van der Waals surface area contributed by atoms with Crippen LogP contribution in [0.4, 0.5) is 14.9 Å². The third-order valence-electron chi connectivity index (χ3n) is 4.66. The Labute approximate surface area is 163 Å². The van der Waals surface area contributed by atoms with E-state index in [-0.39, 0.29) is 11.1 Å². The van der Waals surface area contributed by atoms with Crippen molar-refractivity contribution in [3.8, 4) is 5.75 Å². The van der Waals surface area contributed by atoms with Gasteiger partial charge in [-0.3, -0.25) is 0 Å². The third-order valence-corrected chi connectivity index (χ3v) is 4.95. The van der Waals surface area contributed by atoms with Gasteiger partial charge in [-0.2, -0.15) is 0 Å². The minimum atomic E-state index is -0.422. The molecule has 1 N–H and O–H groups in total. The van der Waals surface area contributed by atoms with Gasteiger partial charge in [0.05, 0.1) is 12.1 Å². The maximum absolute atomic E-state index is 13.3. The number of urea groups is 1. The summed E-state index contributed by atoms with van der Waals surface area (Å²) in [6, 6.07) is 12.5. The number of hydrogen-bond donors (Lipinski definition) is 1. The Morgan fingerprint density at radius 2 is 1.96 bits per heavy atom. The van der Waals surface area contributed by atoms with E-state index in [1.807, 2.05) is 24.3 Å². The highest BCUT2D eigenvalue weighted by Gasteiger charge is 2.21. The summed E-state index contributed by atoms with van der Waals surface area (Å²) in [6.45, 7) is 3.16. The van der Waals surface area contributed by atoms with Crippen LogP contribution in [0.2, 0.25) is 5.02 Å². The summed E-state index contributed by atoms with van der Waals surface area (Å²) < 4.78 is 18.5. The van der Waals surface area contributed by atoms with Gasteiger partial charge in [-0.25, -0.2) is 9.18 Å². The molecule has 0 bridgehead atoms. The summed E-state index contributed by atoms with van der Waals surface area (Å²) in [5.74, 6) is 0.394. The van der Waals surface area contributed by atoms with Crippen LogP contribution in [0.15, 0.2) is 42.5 Å². The zero-order chi connectivity index (χ0) is 19.2. The largest absolute Gasteiger partial charge is 0.497 e. The molecule has 1 aliphatic heterocycles. The Morgan fingerprint density at radius 1 is 1.19 bits per heavy atom. The second kappa shape index (κ2) is 8.95. The van der Waals surface area contributed by atoms with E-state index in [4.69, 9.17) is 16.3 Å². The molecule has 0 spiro atoms. The fraction of sp³-hybridized carbons (Fsp3) is 0.350. The second-order valence-electron chi connectivity index (χ2n) is 6.41. The Balaban J connectivity index is 1.44. The highest BCUT2D eigenvalue weighted by Crippen LogP contribution is 2.23. The predicted molar refractivity (Wildman–Crippen MR) is 105 cm³/mol. The molecule has 2 aromatic carbocycles. The molecule has 7 heteroatoms. The summed E-state index contributed by atoms with van der Waals surface area (Å²) >= 11 is 5.85. The number of nitrogens with one attached hydrogen (secondary N) is 1. The van der Waals surface area contributed by atoms with Crippen molar-refractivity contribution in [2.24, 2.45) is 0 Å². The zero-order valence-corrected chi connectivity index (χ0v) is 16.0. The number of carbonyl (C=O) groups is 1. The van der Waals surface area contributed by atoms with E-state index in [1.54, 1.807) is 24.1 Å². The lowest BCUT2D eigenvalue weighted by molar-refractivity contribution is 0.194. The summed E-state index contributed by atoms with van der Waals surface area (Å²) in [7, 11) is 1.64. The molecule has 1 saturated heterocycles. The Morgan fingerprint density at radius 3 is 2.67 bits per heavy atom. The monoisotopic (exact) mass is 391 g/mol. The van der Waals surface area contributed by atoms with Gasteiger partial charge in [-0.05, 0) is 42.3 Å². The SMILES string of the molecule is COc1cccc(CCNC(=O)N2CCN(c3ccc(F)c(Cl)c3)CC2)c1. The number of benzene rings is 2. The molecular formula is C20H23ClFN3O2. The van der Waals surface area contributed by atoms with Crippen LogP contribution < -0.4 is 15.0 Å². The number of methoxy groups -OCH3 is 1. The standard InChI is InChI=1S/C20H23ClFN3O2/c1-27-17-4-2-3-15(13-17)7-8-23-20(26)25-11-9-24(10-12-25)16-5-6-19(22)18(21)14-16/h2-6,13-14H,7-12H2,1H3,(H,23,26). The topological polar surface area (TPSA) is 44.8 Å². The molecule has 0 aromatic heterocycles. The van der Waals surface area contributed by atoms with Crippen LogP contribution in [-0.4, -0.2) is 50.8 Å². The van der Waals surface area contributed by atoms with Crippen LogP contribution >= 0.6 is 11.6 Å². The molecule has 2 amide bonds. The molecule has 1 aliphatic rings. The van der Waals surface area contributed by atoms with Crippen LogP contribution in [0, 0.1) is 5.82 Å². The number of piperazine rings is 1. The van der Waals surface area contributed by atoms with Crippen molar-refractivity contribution >= 4 is 23.3 Å². The minimum absolute atomic E-state index is 0.0605. The second-order valence-corrected chi connectivity index (χ2v) is 6.81. The van der Waals surface area contributed by atoms with E-state index in [2.05, 4.69) is 10.2 Å². The first-order valence-corrected chi connectivity index (χ1v) is 9.30. The Bertz CT molecular complexity index is 795. The maximum atomic E-state index is 13.3.